The van der Waals surface area contributed by atoms with Crippen LogP contribution in [0.5, 0.6) is 5.75 Å². The molecule has 2 atom stereocenters. The molecular formula is C18H26ClN3O2. The second kappa shape index (κ2) is 7.72. The molecule has 0 bridgehead atoms. The van der Waals surface area contributed by atoms with Crippen LogP contribution in [0.4, 0.5) is 0 Å². The SMILES string of the molecule is Cl.O=C(C1COc2ccccc2C1)N1CCC(N2CCNCC2)C1. The average Bonchev–Trinajstić information content (AvgIpc) is 3.11. The molecule has 1 aromatic rings. The van der Waals surface area contributed by atoms with E-state index in [1.54, 1.807) is 0 Å². The number of carbonyl (C=O) groups excluding carboxylic acids is 1. The van der Waals surface area contributed by atoms with Gasteiger partial charge in [0.2, 0.25) is 5.91 Å². The third kappa shape index (κ3) is 3.53. The van der Waals surface area contributed by atoms with E-state index in [0.29, 0.717) is 12.6 Å². The number of nitrogens with zero attached hydrogens (tertiary/aromatic N) is 2. The Labute approximate surface area is 149 Å². The molecule has 4 rings (SSSR count). The van der Waals surface area contributed by atoms with Crippen molar-refractivity contribution < 1.29 is 9.53 Å². The summed E-state index contributed by atoms with van der Waals surface area (Å²) in [5.41, 5.74) is 1.16. The highest BCUT2D eigenvalue weighted by atomic mass is 35.5. The van der Waals surface area contributed by atoms with Crippen LogP contribution in [0.25, 0.3) is 0 Å². The zero-order valence-corrected chi connectivity index (χ0v) is 14.8. The Hall–Kier alpha value is -1.30. The molecule has 6 heteroatoms. The van der Waals surface area contributed by atoms with Gasteiger partial charge in [-0.1, -0.05) is 18.2 Å². The predicted octanol–water partition coefficient (Wildman–Crippen LogP) is 1.17. The summed E-state index contributed by atoms with van der Waals surface area (Å²) in [5, 5.41) is 3.39. The number of para-hydroxylation sites is 1. The zero-order valence-electron chi connectivity index (χ0n) is 13.9. The lowest BCUT2D eigenvalue weighted by atomic mass is 9.95. The van der Waals surface area contributed by atoms with E-state index in [2.05, 4.69) is 21.2 Å². The first-order chi connectivity index (χ1) is 11.3. The van der Waals surface area contributed by atoms with Crippen LogP contribution in [0.1, 0.15) is 12.0 Å². The Bertz CT molecular complexity index is 577. The van der Waals surface area contributed by atoms with E-state index in [9.17, 15) is 4.79 Å². The Kier molecular flexibility index (Phi) is 5.64. The van der Waals surface area contributed by atoms with Crippen molar-refractivity contribution in [2.24, 2.45) is 5.92 Å². The summed E-state index contributed by atoms with van der Waals surface area (Å²) in [7, 11) is 0. The molecule has 0 spiro atoms. The highest BCUT2D eigenvalue weighted by Crippen LogP contribution is 2.28. The van der Waals surface area contributed by atoms with Crippen LogP contribution in [0, 0.1) is 5.92 Å². The number of fused-ring (bicyclic) bond motifs is 1. The van der Waals surface area contributed by atoms with Gasteiger partial charge < -0.3 is 15.0 Å². The van der Waals surface area contributed by atoms with Crippen molar-refractivity contribution in [3.63, 3.8) is 0 Å². The number of piperazine rings is 1. The highest BCUT2D eigenvalue weighted by Gasteiger charge is 2.35. The maximum Gasteiger partial charge on any atom is 0.229 e. The number of hydrogen-bond donors (Lipinski definition) is 1. The van der Waals surface area contributed by atoms with E-state index < -0.39 is 0 Å². The molecule has 0 saturated carbocycles. The van der Waals surface area contributed by atoms with E-state index in [0.717, 1.165) is 63.4 Å². The molecule has 0 radical (unpaired) electrons. The van der Waals surface area contributed by atoms with Gasteiger partial charge in [0.05, 0.1) is 5.92 Å². The second-order valence-electron chi connectivity index (χ2n) is 6.83. The Balaban J connectivity index is 0.00000169. The van der Waals surface area contributed by atoms with Gasteiger partial charge in [0.1, 0.15) is 12.4 Å². The van der Waals surface area contributed by atoms with Gasteiger partial charge in [-0.2, -0.15) is 0 Å². The van der Waals surface area contributed by atoms with Crippen molar-refractivity contribution >= 4 is 18.3 Å². The first-order valence-corrected chi connectivity index (χ1v) is 8.75. The van der Waals surface area contributed by atoms with Gasteiger partial charge in [-0.15, -0.1) is 12.4 Å². The maximum absolute atomic E-state index is 12.9. The minimum atomic E-state index is -0.0216. The van der Waals surface area contributed by atoms with Crippen molar-refractivity contribution in [2.45, 2.75) is 18.9 Å². The van der Waals surface area contributed by atoms with Gasteiger partial charge in [0.25, 0.3) is 0 Å². The quantitative estimate of drug-likeness (QED) is 0.868. The molecule has 3 aliphatic rings. The van der Waals surface area contributed by atoms with Gasteiger partial charge in [-0.25, -0.2) is 0 Å². The fourth-order valence-corrected chi connectivity index (χ4v) is 4.03. The van der Waals surface area contributed by atoms with E-state index in [-0.39, 0.29) is 24.2 Å². The van der Waals surface area contributed by atoms with Crippen LogP contribution in [0.15, 0.2) is 24.3 Å². The minimum Gasteiger partial charge on any atom is -0.492 e. The molecule has 1 amide bonds. The number of amides is 1. The summed E-state index contributed by atoms with van der Waals surface area (Å²) >= 11 is 0. The average molecular weight is 352 g/mol. The van der Waals surface area contributed by atoms with Crippen LogP contribution in [0.2, 0.25) is 0 Å². The number of nitrogens with one attached hydrogen (secondary N) is 1. The molecule has 132 valence electrons. The van der Waals surface area contributed by atoms with Gasteiger partial charge in [0, 0.05) is 45.3 Å². The Morgan fingerprint density at radius 2 is 1.96 bits per heavy atom. The number of carbonyl (C=O) groups is 1. The van der Waals surface area contributed by atoms with Crippen LogP contribution in [-0.2, 0) is 11.2 Å². The summed E-state index contributed by atoms with van der Waals surface area (Å²) in [6, 6.07) is 8.61. The lowest BCUT2D eigenvalue weighted by Gasteiger charge is -2.33. The molecule has 2 saturated heterocycles. The third-order valence-corrected chi connectivity index (χ3v) is 5.37. The van der Waals surface area contributed by atoms with Crippen LogP contribution < -0.4 is 10.1 Å². The number of likely N-dealkylation sites (tertiary alicyclic amines) is 1. The zero-order chi connectivity index (χ0) is 15.6. The van der Waals surface area contributed by atoms with E-state index >= 15 is 0 Å². The van der Waals surface area contributed by atoms with Crippen molar-refractivity contribution in [1.82, 2.24) is 15.1 Å². The minimum absolute atomic E-state index is 0. The van der Waals surface area contributed by atoms with E-state index in [1.807, 2.05) is 18.2 Å². The Morgan fingerprint density at radius 1 is 1.17 bits per heavy atom. The molecule has 5 nitrogen and oxygen atoms in total. The number of rotatable bonds is 2. The molecule has 2 fully saturated rings. The molecule has 2 unspecified atom stereocenters. The normalized spacial score (nSPS) is 27.1. The van der Waals surface area contributed by atoms with Crippen molar-refractivity contribution in [2.75, 3.05) is 45.9 Å². The summed E-state index contributed by atoms with van der Waals surface area (Å²) < 4.78 is 5.79. The molecule has 0 aromatic heterocycles. The van der Waals surface area contributed by atoms with Crippen LogP contribution in [-0.4, -0.2) is 67.6 Å². The number of benzene rings is 1. The van der Waals surface area contributed by atoms with Crippen molar-refractivity contribution in [1.29, 1.82) is 0 Å². The lowest BCUT2D eigenvalue weighted by molar-refractivity contribution is -0.136. The van der Waals surface area contributed by atoms with Gasteiger partial charge in [-0.05, 0) is 24.5 Å². The number of ether oxygens (including phenoxy) is 1. The largest absolute Gasteiger partial charge is 0.492 e. The molecule has 0 aliphatic carbocycles. The summed E-state index contributed by atoms with van der Waals surface area (Å²) in [6.45, 7) is 6.64. The first kappa shape index (κ1) is 17.5. The molecular weight excluding hydrogens is 326 g/mol. The van der Waals surface area contributed by atoms with Crippen molar-refractivity contribution in [3.8, 4) is 5.75 Å². The van der Waals surface area contributed by atoms with Crippen LogP contribution >= 0.6 is 12.4 Å². The fourth-order valence-electron chi connectivity index (χ4n) is 4.03. The molecule has 1 N–H and O–H groups in total. The first-order valence-electron chi connectivity index (χ1n) is 8.75. The summed E-state index contributed by atoms with van der Waals surface area (Å²) in [6.07, 6.45) is 1.92. The fraction of sp³-hybridized carbons (Fsp3) is 0.611. The maximum atomic E-state index is 12.9. The van der Waals surface area contributed by atoms with E-state index in [4.69, 9.17) is 4.74 Å². The molecule has 3 aliphatic heterocycles. The number of hydrogen-bond acceptors (Lipinski definition) is 4. The topological polar surface area (TPSA) is 44.8 Å². The monoisotopic (exact) mass is 351 g/mol. The Morgan fingerprint density at radius 3 is 2.79 bits per heavy atom. The second-order valence-corrected chi connectivity index (χ2v) is 6.83. The van der Waals surface area contributed by atoms with Gasteiger partial charge in [0.15, 0.2) is 0 Å². The van der Waals surface area contributed by atoms with E-state index in [1.165, 1.54) is 0 Å². The standard InChI is InChI=1S/C18H25N3O2.ClH/c22-18(15-11-14-3-1-2-4-17(14)23-13-15)21-8-5-16(12-21)20-9-6-19-7-10-20;/h1-4,15-16,19H,5-13H2;1H. The van der Waals surface area contributed by atoms with Gasteiger partial charge in [-0.3, -0.25) is 9.69 Å². The van der Waals surface area contributed by atoms with Crippen molar-refractivity contribution in [3.05, 3.63) is 29.8 Å². The summed E-state index contributed by atoms with van der Waals surface area (Å²) in [5.74, 6) is 1.19. The van der Waals surface area contributed by atoms with Gasteiger partial charge >= 0.3 is 0 Å². The highest BCUT2D eigenvalue weighted by molar-refractivity contribution is 5.85. The predicted molar refractivity (Wildman–Crippen MR) is 95.8 cm³/mol. The molecule has 3 heterocycles. The lowest BCUT2D eigenvalue weighted by Crippen LogP contribution is -2.49. The number of halogens is 1. The third-order valence-electron chi connectivity index (χ3n) is 5.37. The smallest absolute Gasteiger partial charge is 0.229 e. The molecule has 1 aromatic carbocycles. The summed E-state index contributed by atoms with van der Waals surface area (Å²) in [4.78, 5) is 17.5. The molecule has 24 heavy (non-hydrogen) atoms. The van der Waals surface area contributed by atoms with Crippen LogP contribution in [0.3, 0.4) is 0 Å².